The lowest BCUT2D eigenvalue weighted by atomic mass is 10.2. The second kappa shape index (κ2) is 6.91. The summed E-state index contributed by atoms with van der Waals surface area (Å²) < 4.78 is 10.3. The van der Waals surface area contributed by atoms with Gasteiger partial charge in [0.05, 0.1) is 7.11 Å². The molecule has 0 bridgehead atoms. The second-order valence-corrected chi connectivity index (χ2v) is 3.71. The molecule has 1 atom stereocenters. The van der Waals surface area contributed by atoms with Crippen LogP contribution in [-0.2, 0) is 9.53 Å². The van der Waals surface area contributed by atoms with E-state index in [4.69, 9.17) is 9.47 Å². The van der Waals surface area contributed by atoms with Gasteiger partial charge in [-0.1, -0.05) is 25.1 Å². The highest BCUT2D eigenvalue weighted by atomic mass is 16.5. The molecular formula is C13H19NO3. The van der Waals surface area contributed by atoms with E-state index in [1.54, 1.807) is 0 Å². The molecule has 4 nitrogen and oxygen atoms in total. The maximum atomic E-state index is 11.4. The van der Waals surface area contributed by atoms with E-state index in [9.17, 15) is 4.79 Å². The Morgan fingerprint density at radius 3 is 2.71 bits per heavy atom. The lowest BCUT2D eigenvalue weighted by Crippen LogP contribution is -2.42. The van der Waals surface area contributed by atoms with E-state index < -0.39 is 6.04 Å². The highest BCUT2D eigenvalue weighted by molar-refractivity contribution is 5.75. The van der Waals surface area contributed by atoms with Crippen LogP contribution in [0.5, 0.6) is 5.75 Å². The average molecular weight is 237 g/mol. The third kappa shape index (κ3) is 4.07. The van der Waals surface area contributed by atoms with Crippen molar-refractivity contribution in [1.29, 1.82) is 0 Å². The first-order chi connectivity index (χ1) is 8.19. The predicted octanol–water partition coefficient (Wildman–Crippen LogP) is 1.52. The van der Waals surface area contributed by atoms with Gasteiger partial charge in [0.2, 0.25) is 0 Å². The molecule has 0 aromatic heterocycles. The molecule has 0 amide bonds. The number of hydrogen-bond donors (Lipinski definition) is 1. The third-order valence-electron chi connectivity index (χ3n) is 2.44. The first-order valence-electron chi connectivity index (χ1n) is 5.68. The Morgan fingerprint density at radius 2 is 2.12 bits per heavy atom. The Morgan fingerprint density at radius 1 is 1.41 bits per heavy atom. The molecule has 0 heterocycles. The van der Waals surface area contributed by atoms with Gasteiger partial charge in [0.1, 0.15) is 18.4 Å². The van der Waals surface area contributed by atoms with Crippen molar-refractivity contribution in [2.75, 3.05) is 20.3 Å². The van der Waals surface area contributed by atoms with Gasteiger partial charge in [-0.25, -0.2) is 0 Å². The number of carbonyl (C=O) groups excluding carboxylic acids is 1. The molecule has 1 rings (SSSR count). The van der Waals surface area contributed by atoms with Gasteiger partial charge in [-0.2, -0.15) is 0 Å². The van der Waals surface area contributed by atoms with Gasteiger partial charge in [-0.3, -0.25) is 4.79 Å². The quantitative estimate of drug-likeness (QED) is 0.762. The van der Waals surface area contributed by atoms with E-state index in [0.29, 0.717) is 6.54 Å². The Kier molecular flexibility index (Phi) is 5.49. The normalized spacial score (nSPS) is 11.9. The highest BCUT2D eigenvalue weighted by Crippen LogP contribution is 2.16. The van der Waals surface area contributed by atoms with Crippen molar-refractivity contribution in [1.82, 2.24) is 5.32 Å². The number of rotatable bonds is 6. The average Bonchev–Trinajstić information content (AvgIpc) is 2.35. The molecule has 94 valence electrons. The molecule has 0 fully saturated rings. The molecule has 0 radical (unpaired) electrons. The molecule has 0 aliphatic heterocycles. The molecule has 1 aromatic carbocycles. The largest absolute Gasteiger partial charge is 0.491 e. The summed E-state index contributed by atoms with van der Waals surface area (Å²) in [7, 11) is 1.38. The molecule has 0 saturated carbocycles. The molecule has 1 aromatic rings. The number of nitrogens with one attached hydrogen (secondary N) is 1. The molecular weight excluding hydrogens is 218 g/mol. The molecule has 0 saturated heterocycles. The Labute approximate surface area is 102 Å². The topological polar surface area (TPSA) is 47.6 Å². The maximum absolute atomic E-state index is 11.4. The summed E-state index contributed by atoms with van der Waals surface area (Å²) >= 11 is 0. The molecule has 0 aliphatic carbocycles. The molecule has 4 heteroatoms. The molecule has 0 spiro atoms. The lowest BCUT2D eigenvalue weighted by molar-refractivity contribution is -0.143. The van der Waals surface area contributed by atoms with Crippen LogP contribution >= 0.6 is 0 Å². The van der Waals surface area contributed by atoms with E-state index in [-0.39, 0.29) is 12.6 Å². The van der Waals surface area contributed by atoms with Crippen LogP contribution in [0.25, 0.3) is 0 Å². The number of likely N-dealkylation sites (N-methyl/N-ethyl adjacent to an activating group) is 1. The van der Waals surface area contributed by atoms with E-state index in [1.807, 2.05) is 38.1 Å². The second-order valence-electron chi connectivity index (χ2n) is 3.71. The van der Waals surface area contributed by atoms with Crippen LogP contribution in [0.15, 0.2) is 24.3 Å². The Hall–Kier alpha value is -1.55. The number of esters is 1. The van der Waals surface area contributed by atoms with Crippen molar-refractivity contribution in [2.45, 2.75) is 19.9 Å². The summed E-state index contributed by atoms with van der Waals surface area (Å²) in [6.45, 7) is 4.86. The van der Waals surface area contributed by atoms with Gasteiger partial charge < -0.3 is 14.8 Å². The number of para-hydroxylation sites is 1. The number of ether oxygens (including phenoxy) is 2. The first kappa shape index (κ1) is 13.5. The zero-order chi connectivity index (χ0) is 12.7. The van der Waals surface area contributed by atoms with Gasteiger partial charge in [0.15, 0.2) is 0 Å². The molecule has 17 heavy (non-hydrogen) atoms. The predicted molar refractivity (Wildman–Crippen MR) is 66.2 cm³/mol. The van der Waals surface area contributed by atoms with Crippen LogP contribution in [0.4, 0.5) is 0 Å². The van der Waals surface area contributed by atoms with Gasteiger partial charge in [0.25, 0.3) is 0 Å². The van der Waals surface area contributed by atoms with E-state index in [2.05, 4.69) is 5.32 Å². The summed E-state index contributed by atoms with van der Waals surface area (Å²) in [6, 6.07) is 7.28. The van der Waals surface area contributed by atoms with E-state index in [0.717, 1.165) is 11.3 Å². The number of methoxy groups -OCH3 is 1. The number of hydrogen-bond acceptors (Lipinski definition) is 4. The van der Waals surface area contributed by atoms with Gasteiger partial charge in [0, 0.05) is 0 Å². The van der Waals surface area contributed by atoms with Crippen LogP contribution in [0.2, 0.25) is 0 Å². The summed E-state index contributed by atoms with van der Waals surface area (Å²) in [5.74, 6) is 0.486. The number of benzene rings is 1. The fraction of sp³-hybridized carbons (Fsp3) is 0.462. The fourth-order valence-electron chi connectivity index (χ4n) is 1.49. The summed E-state index contributed by atoms with van der Waals surface area (Å²) in [6.07, 6.45) is 0. The van der Waals surface area contributed by atoms with E-state index in [1.165, 1.54) is 7.11 Å². The van der Waals surface area contributed by atoms with E-state index >= 15 is 0 Å². The minimum Gasteiger partial charge on any atom is -0.491 e. The minimum atomic E-state index is -0.426. The number of carbonyl (C=O) groups is 1. The van der Waals surface area contributed by atoms with Crippen molar-refractivity contribution in [3.05, 3.63) is 29.8 Å². The molecule has 1 N–H and O–H groups in total. The molecule has 1 unspecified atom stereocenters. The van der Waals surface area contributed by atoms with Gasteiger partial charge in [-0.05, 0) is 25.1 Å². The van der Waals surface area contributed by atoms with Crippen LogP contribution in [0.3, 0.4) is 0 Å². The third-order valence-corrected chi connectivity index (χ3v) is 2.44. The SMILES string of the molecule is CCNC(COc1ccccc1C)C(=O)OC. The van der Waals surface area contributed by atoms with Gasteiger partial charge in [-0.15, -0.1) is 0 Å². The summed E-state index contributed by atoms with van der Waals surface area (Å²) in [5, 5.41) is 3.02. The number of aryl methyl sites for hydroxylation is 1. The smallest absolute Gasteiger partial charge is 0.326 e. The van der Waals surface area contributed by atoms with Crippen molar-refractivity contribution < 1.29 is 14.3 Å². The minimum absolute atomic E-state index is 0.269. The highest BCUT2D eigenvalue weighted by Gasteiger charge is 2.18. The van der Waals surface area contributed by atoms with Crippen molar-refractivity contribution in [3.63, 3.8) is 0 Å². The summed E-state index contributed by atoms with van der Waals surface area (Å²) in [4.78, 5) is 11.4. The monoisotopic (exact) mass is 237 g/mol. The van der Waals surface area contributed by atoms with Crippen molar-refractivity contribution in [3.8, 4) is 5.75 Å². The maximum Gasteiger partial charge on any atom is 0.326 e. The zero-order valence-electron chi connectivity index (χ0n) is 10.5. The lowest BCUT2D eigenvalue weighted by Gasteiger charge is -2.17. The van der Waals surface area contributed by atoms with Gasteiger partial charge >= 0.3 is 5.97 Å². The van der Waals surface area contributed by atoms with Crippen molar-refractivity contribution >= 4 is 5.97 Å². The Bertz CT molecular complexity index is 365. The van der Waals surface area contributed by atoms with Crippen LogP contribution in [0.1, 0.15) is 12.5 Å². The summed E-state index contributed by atoms with van der Waals surface area (Å²) in [5.41, 5.74) is 1.05. The zero-order valence-corrected chi connectivity index (χ0v) is 10.5. The first-order valence-corrected chi connectivity index (χ1v) is 5.68. The standard InChI is InChI=1S/C13H19NO3/c1-4-14-11(13(15)16-3)9-17-12-8-6-5-7-10(12)2/h5-8,11,14H,4,9H2,1-3H3. The molecule has 0 aliphatic rings. The van der Waals surface area contributed by atoms with Crippen molar-refractivity contribution in [2.24, 2.45) is 0 Å². The van der Waals surface area contributed by atoms with Crippen LogP contribution in [0, 0.1) is 6.92 Å². The Balaban J connectivity index is 2.57. The fourth-order valence-corrected chi connectivity index (χ4v) is 1.49. The van der Waals surface area contributed by atoms with Crippen LogP contribution < -0.4 is 10.1 Å². The van der Waals surface area contributed by atoms with Crippen LogP contribution in [-0.4, -0.2) is 32.3 Å².